The Labute approximate surface area is 87.7 Å². The second kappa shape index (κ2) is 5.61. The van der Waals surface area contributed by atoms with Crippen molar-refractivity contribution in [1.29, 1.82) is 0 Å². The van der Waals surface area contributed by atoms with Gasteiger partial charge >= 0.3 is 0 Å². The van der Waals surface area contributed by atoms with Crippen molar-refractivity contribution in [2.75, 3.05) is 12.4 Å². The first-order chi connectivity index (χ1) is 6.59. The van der Waals surface area contributed by atoms with E-state index in [-0.39, 0.29) is 17.1 Å². The first-order valence-corrected chi connectivity index (χ1v) is 6.46. The van der Waals surface area contributed by atoms with Gasteiger partial charge in [-0.05, 0) is 19.8 Å². The highest BCUT2D eigenvalue weighted by atomic mass is 32.2. The van der Waals surface area contributed by atoms with Gasteiger partial charge in [-0.25, -0.2) is 0 Å². The molecule has 0 aliphatic carbocycles. The Kier molecular flexibility index (Phi) is 4.75. The number of ether oxygens (including phenoxy) is 1. The van der Waals surface area contributed by atoms with Gasteiger partial charge in [0.05, 0.1) is 11.9 Å². The number of hydrogen-bond acceptors (Lipinski definition) is 3. The van der Waals surface area contributed by atoms with E-state index < -0.39 is 10.8 Å². The van der Waals surface area contributed by atoms with Crippen molar-refractivity contribution in [3.63, 3.8) is 0 Å². The molecule has 0 N–H and O–H groups in total. The van der Waals surface area contributed by atoms with Gasteiger partial charge in [0.1, 0.15) is 5.78 Å². The van der Waals surface area contributed by atoms with E-state index in [1.165, 1.54) is 0 Å². The summed E-state index contributed by atoms with van der Waals surface area (Å²) in [7, 11) is -0.921. The molecule has 4 heteroatoms. The molecule has 1 aliphatic rings. The predicted molar refractivity (Wildman–Crippen MR) is 56.7 cm³/mol. The summed E-state index contributed by atoms with van der Waals surface area (Å²) < 4.78 is 17.1. The summed E-state index contributed by atoms with van der Waals surface area (Å²) in [6.07, 6.45) is 2.66. The van der Waals surface area contributed by atoms with Crippen molar-refractivity contribution in [2.24, 2.45) is 0 Å². The van der Waals surface area contributed by atoms with E-state index >= 15 is 0 Å². The molecular formula is C10H18O3S. The van der Waals surface area contributed by atoms with Crippen LogP contribution in [0.2, 0.25) is 0 Å². The maximum atomic E-state index is 11.7. The highest BCUT2D eigenvalue weighted by molar-refractivity contribution is 7.85. The Balaban J connectivity index is 2.29. The topological polar surface area (TPSA) is 43.4 Å². The number of carbonyl (C=O) groups excluding carboxylic acids is 1. The average molecular weight is 218 g/mol. The molecule has 0 aromatic rings. The third kappa shape index (κ3) is 3.88. The fourth-order valence-corrected chi connectivity index (χ4v) is 3.00. The van der Waals surface area contributed by atoms with E-state index in [1.807, 2.05) is 6.92 Å². The van der Waals surface area contributed by atoms with Gasteiger partial charge in [-0.15, -0.1) is 0 Å². The lowest BCUT2D eigenvalue weighted by Gasteiger charge is -2.13. The average Bonchev–Trinajstić information content (AvgIpc) is 2.55. The third-order valence-corrected chi connectivity index (χ3v) is 4.16. The zero-order chi connectivity index (χ0) is 10.6. The quantitative estimate of drug-likeness (QED) is 0.698. The number of ketones is 1. The minimum Gasteiger partial charge on any atom is -0.377 e. The summed E-state index contributed by atoms with van der Waals surface area (Å²) in [5, 5.41) is -0.0308. The Morgan fingerprint density at radius 1 is 1.64 bits per heavy atom. The molecule has 3 nitrogen and oxygen atoms in total. The first-order valence-electron chi connectivity index (χ1n) is 5.08. The largest absolute Gasteiger partial charge is 0.377 e. The van der Waals surface area contributed by atoms with Gasteiger partial charge in [-0.3, -0.25) is 9.00 Å². The van der Waals surface area contributed by atoms with Gasteiger partial charge in [0.2, 0.25) is 0 Å². The maximum absolute atomic E-state index is 11.7. The monoisotopic (exact) mass is 218 g/mol. The fourth-order valence-electron chi connectivity index (χ4n) is 1.62. The van der Waals surface area contributed by atoms with Gasteiger partial charge in [0, 0.05) is 29.1 Å². The molecule has 1 aliphatic heterocycles. The molecule has 0 amide bonds. The molecule has 0 saturated carbocycles. The molecule has 1 saturated heterocycles. The van der Waals surface area contributed by atoms with Crippen LogP contribution in [-0.4, -0.2) is 33.7 Å². The van der Waals surface area contributed by atoms with Crippen molar-refractivity contribution >= 4 is 16.6 Å². The first kappa shape index (κ1) is 11.9. The third-order valence-electron chi connectivity index (χ3n) is 2.40. The van der Waals surface area contributed by atoms with Crippen LogP contribution in [0.15, 0.2) is 0 Å². The molecule has 1 fully saturated rings. The lowest BCUT2D eigenvalue weighted by atomic mass is 10.2. The summed E-state index contributed by atoms with van der Waals surface area (Å²) in [5.74, 6) is 0.701. The van der Waals surface area contributed by atoms with E-state index in [4.69, 9.17) is 4.74 Å². The zero-order valence-corrected chi connectivity index (χ0v) is 9.64. The van der Waals surface area contributed by atoms with Crippen LogP contribution in [0.4, 0.5) is 0 Å². The maximum Gasteiger partial charge on any atom is 0.131 e. The van der Waals surface area contributed by atoms with E-state index in [2.05, 4.69) is 0 Å². The zero-order valence-electron chi connectivity index (χ0n) is 8.82. The van der Waals surface area contributed by atoms with E-state index in [9.17, 15) is 9.00 Å². The highest BCUT2D eigenvalue weighted by Crippen LogP contribution is 2.15. The number of Topliss-reactive ketones (excluding diaryl/α,β-unsaturated/α-hetero) is 1. The Morgan fingerprint density at radius 3 is 2.86 bits per heavy atom. The van der Waals surface area contributed by atoms with Gasteiger partial charge in [0.25, 0.3) is 0 Å². The van der Waals surface area contributed by atoms with Crippen molar-refractivity contribution < 1.29 is 13.7 Å². The lowest BCUT2D eigenvalue weighted by Crippen LogP contribution is -2.24. The van der Waals surface area contributed by atoms with Crippen LogP contribution in [0.1, 0.15) is 33.1 Å². The van der Waals surface area contributed by atoms with Gasteiger partial charge in [-0.1, -0.05) is 6.92 Å². The molecule has 0 aromatic heterocycles. The number of carbonyl (C=O) groups is 1. The van der Waals surface area contributed by atoms with Crippen molar-refractivity contribution in [2.45, 2.75) is 44.5 Å². The smallest absolute Gasteiger partial charge is 0.131 e. The van der Waals surface area contributed by atoms with Crippen molar-refractivity contribution in [1.82, 2.24) is 0 Å². The minimum atomic E-state index is -0.921. The van der Waals surface area contributed by atoms with Gasteiger partial charge in [0.15, 0.2) is 0 Å². The molecule has 0 aromatic carbocycles. The Morgan fingerprint density at radius 2 is 2.36 bits per heavy atom. The van der Waals surface area contributed by atoms with Gasteiger partial charge < -0.3 is 4.74 Å². The minimum absolute atomic E-state index is 0.0308. The van der Waals surface area contributed by atoms with E-state index in [0.717, 1.165) is 19.4 Å². The lowest BCUT2D eigenvalue weighted by molar-refractivity contribution is -0.116. The number of rotatable bonds is 5. The molecule has 0 spiro atoms. The molecule has 0 bridgehead atoms. The van der Waals surface area contributed by atoms with Crippen LogP contribution in [0, 0.1) is 0 Å². The van der Waals surface area contributed by atoms with Gasteiger partial charge in [-0.2, -0.15) is 0 Å². The molecule has 1 heterocycles. The second-order valence-electron chi connectivity index (χ2n) is 3.90. The SMILES string of the molecule is CC(=O)CC(C)S(=O)CC1CCCO1. The molecule has 0 radical (unpaired) electrons. The van der Waals surface area contributed by atoms with E-state index in [1.54, 1.807) is 6.92 Å². The molecule has 3 unspecified atom stereocenters. The number of hydrogen-bond donors (Lipinski definition) is 0. The summed E-state index contributed by atoms with van der Waals surface area (Å²) in [4.78, 5) is 10.8. The molecule has 14 heavy (non-hydrogen) atoms. The van der Waals surface area contributed by atoms with Crippen LogP contribution in [0.5, 0.6) is 0 Å². The van der Waals surface area contributed by atoms with Crippen LogP contribution in [0.3, 0.4) is 0 Å². The summed E-state index contributed by atoms with van der Waals surface area (Å²) >= 11 is 0. The normalized spacial score (nSPS) is 26.0. The molecule has 1 rings (SSSR count). The Hall–Kier alpha value is -0.220. The summed E-state index contributed by atoms with van der Waals surface area (Å²) in [6, 6.07) is 0. The standard InChI is InChI=1S/C10H18O3S/c1-8(11)6-9(2)14(12)7-10-4-3-5-13-10/h9-10H,3-7H2,1-2H3. The van der Waals surface area contributed by atoms with Crippen LogP contribution in [-0.2, 0) is 20.3 Å². The molecular weight excluding hydrogens is 200 g/mol. The van der Waals surface area contributed by atoms with Crippen molar-refractivity contribution in [3.05, 3.63) is 0 Å². The fraction of sp³-hybridized carbons (Fsp3) is 0.900. The second-order valence-corrected chi connectivity index (χ2v) is 5.80. The van der Waals surface area contributed by atoms with Crippen LogP contribution >= 0.6 is 0 Å². The predicted octanol–water partition coefficient (Wildman–Crippen LogP) is 1.28. The molecule has 82 valence electrons. The summed E-state index contributed by atoms with van der Waals surface area (Å²) in [5.41, 5.74) is 0. The van der Waals surface area contributed by atoms with Crippen molar-refractivity contribution in [3.8, 4) is 0 Å². The Bertz CT molecular complexity index is 221. The van der Waals surface area contributed by atoms with Crippen LogP contribution < -0.4 is 0 Å². The highest BCUT2D eigenvalue weighted by Gasteiger charge is 2.21. The summed E-state index contributed by atoms with van der Waals surface area (Å²) in [6.45, 7) is 4.20. The molecule has 3 atom stereocenters. The van der Waals surface area contributed by atoms with Crippen LogP contribution in [0.25, 0.3) is 0 Å². The van der Waals surface area contributed by atoms with E-state index in [0.29, 0.717) is 12.2 Å².